The Morgan fingerprint density at radius 1 is 1.32 bits per heavy atom. The zero-order valence-electron chi connectivity index (χ0n) is 12.1. The van der Waals surface area contributed by atoms with E-state index in [2.05, 4.69) is 26.8 Å². The Morgan fingerprint density at radius 2 is 1.89 bits per heavy atom. The lowest BCUT2D eigenvalue weighted by atomic mass is 9.86. The second kappa shape index (κ2) is 6.38. The minimum atomic E-state index is -0.673. The van der Waals surface area contributed by atoms with Gasteiger partial charge >= 0.3 is 0 Å². The molecule has 0 aliphatic rings. The second-order valence-electron chi connectivity index (χ2n) is 5.86. The molecule has 0 fully saturated rings. The van der Waals surface area contributed by atoms with Crippen molar-refractivity contribution in [2.45, 2.75) is 39.5 Å². The number of benzene rings is 1. The van der Waals surface area contributed by atoms with Gasteiger partial charge in [0.25, 0.3) is 0 Å². The molecule has 1 unspecified atom stereocenters. The van der Waals surface area contributed by atoms with Crippen LogP contribution in [0.4, 0.5) is 0 Å². The molecule has 0 amide bonds. The van der Waals surface area contributed by atoms with Gasteiger partial charge in [0.05, 0.1) is 13.2 Å². The van der Waals surface area contributed by atoms with Crippen molar-refractivity contribution in [3.8, 4) is 11.8 Å². The number of carbonyl (C=O) groups excluding carboxylic acids is 1. The third kappa shape index (κ3) is 4.75. The maximum absolute atomic E-state index is 12.1. The van der Waals surface area contributed by atoms with Crippen molar-refractivity contribution in [2.75, 3.05) is 7.11 Å². The van der Waals surface area contributed by atoms with E-state index in [-0.39, 0.29) is 11.2 Å². The van der Waals surface area contributed by atoms with Gasteiger partial charge < -0.3 is 4.74 Å². The molecule has 0 spiro atoms. The molecule has 0 aliphatic heterocycles. The Labute approximate surface area is 115 Å². The largest absolute Gasteiger partial charge is 0.497 e. The number of nitriles is 1. The number of hydrogen-bond acceptors (Lipinski definition) is 3. The zero-order valence-corrected chi connectivity index (χ0v) is 12.1. The lowest BCUT2D eigenvalue weighted by Gasteiger charge is -2.18. The van der Waals surface area contributed by atoms with Gasteiger partial charge in [0.1, 0.15) is 11.7 Å². The van der Waals surface area contributed by atoms with Crippen LogP contribution in [0, 0.1) is 16.7 Å². The number of ether oxygens (including phenoxy) is 1. The molecule has 1 aromatic carbocycles. The molecule has 1 aromatic rings. The Bertz CT molecular complexity index is 463. The molecule has 1 rings (SSSR count). The lowest BCUT2D eigenvalue weighted by Crippen LogP contribution is -2.14. The minimum absolute atomic E-state index is 0.0115. The van der Waals surface area contributed by atoms with Gasteiger partial charge in [-0.25, -0.2) is 0 Å². The van der Waals surface area contributed by atoms with Crippen molar-refractivity contribution in [3.63, 3.8) is 0 Å². The van der Waals surface area contributed by atoms with Gasteiger partial charge in [0, 0.05) is 6.42 Å². The predicted octanol–water partition coefficient (Wildman–Crippen LogP) is 3.70. The van der Waals surface area contributed by atoms with Crippen molar-refractivity contribution in [1.82, 2.24) is 0 Å². The molecule has 1 atom stereocenters. The van der Waals surface area contributed by atoms with E-state index in [1.807, 2.05) is 0 Å². The first-order valence-corrected chi connectivity index (χ1v) is 6.43. The smallest absolute Gasteiger partial charge is 0.154 e. The van der Waals surface area contributed by atoms with Gasteiger partial charge in [-0.3, -0.25) is 4.79 Å². The summed E-state index contributed by atoms with van der Waals surface area (Å²) in [7, 11) is 1.59. The van der Waals surface area contributed by atoms with Gasteiger partial charge in [0.2, 0.25) is 0 Å². The molecule has 0 saturated heterocycles. The molecular weight excluding hydrogens is 238 g/mol. The van der Waals surface area contributed by atoms with E-state index in [1.165, 1.54) is 0 Å². The predicted molar refractivity (Wildman–Crippen MR) is 75.0 cm³/mol. The monoisotopic (exact) mass is 259 g/mol. The molecule has 0 radical (unpaired) electrons. The van der Waals surface area contributed by atoms with Crippen molar-refractivity contribution in [3.05, 3.63) is 29.8 Å². The van der Waals surface area contributed by atoms with Crippen molar-refractivity contribution < 1.29 is 9.53 Å². The molecule has 0 heterocycles. The molecule has 0 saturated carbocycles. The zero-order chi connectivity index (χ0) is 14.5. The molecule has 0 aliphatic carbocycles. The van der Waals surface area contributed by atoms with Crippen molar-refractivity contribution in [1.29, 1.82) is 5.26 Å². The van der Waals surface area contributed by atoms with Crippen LogP contribution in [0.25, 0.3) is 0 Å². The first-order chi connectivity index (χ1) is 8.87. The Hall–Kier alpha value is -1.82. The Kier molecular flexibility index (Phi) is 5.11. The maximum atomic E-state index is 12.1. The summed E-state index contributed by atoms with van der Waals surface area (Å²) in [6.45, 7) is 6.28. The molecule has 0 aromatic heterocycles. The highest BCUT2D eigenvalue weighted by Gasteiger charge is 2.22. The number of carbonyl (C=O) groups is 1. The van der Waals surface area contributed by atoms with Crippen molar-refractivity contribution in [2.24, 2.45) is 5.41 Å². The number of methoxy groups -OCH3 is 1. The molecule has 19 heavy (non-hydrogen) atoms. The summed E-state index contributed by atoms with van der Waals surface area (Å²) < 4.78 is 5.07. The van der Waals surface area contributed by atoms with Crippen LogP contribution in [0.5, 0.6) is 5.75 Å². The number of nitrogens with zero attached hydrogens (tertiary/aromatic N) is 1. The van der Waals surface area contributed by atoms with Crippen LogP contribution in [-0.4, -0.2) is 12.9 Å². The van der Waals surface area contributed by atoms with E-state index in [4.69, 9.17) is 4.74 Å². The fraction of sp³-hybridized carbons (Fsp3) is 0.500. The van der Waals surface area contributed by atoms with Crippen LogP contribution in [0.2, 0.25) is 0 Å². The van der Waals surface area contributed by atoms with Crippen LogP contribution < -0.4 is 4.74 Å². The number of hydrogen-bond donors (Lipinski definition) is 0. The molecule has 0 bridgehead atoms. The third-order valence-corrected chi connectivity index (χ3v) is 3.02. The van der Waals surface area contributed by atoms with E-state index < -0.39 is 5.92 Å². The fourth-order valence-corrected chi connectivity index (χ4v) is 1.77. The fourth-order valence-electron chi connectivity index (χ4n) is 1.77. The SMILES string of the molecule is COc1ccc(C(C#N)C(=O)CCC(C)(C)C)cc1. The van der Waals surface area contributed by atoms with Gasteiger partial charge in [0.15, 0.2) is 5.78 Å². The third-order valence-electron chi connectivity index (χ3n) is 3.02. The Morgan fingerprint density at radius 3 is 2.32 bits per heavy atom. The summed E-state index contributed by atoms with van der Waals surface area (Å²) in [5.41, 5.74) is 0.845. The van der Waals surface area contributed by atoms with E-state index in [0.29, 0.717) is 6.42 Å². The Balaban J connectivity index is 2.77. The molecular formula is C16H21NO2. The average molecular weight is 259 g/mol. The summed E-state index contributed by atoms with van der Waals surface area (Å²) in [6.07, 6.45) is 1.23. The number of rotatable bonds is 5. The number of Topliss-reactive ketones (excluding diaryl/α,β-unsaturated/α-hetero) is 1. The lowest BCUT2D eigenvalue weighted by molar-refractivity contribution is -0.119. The first kappa shape index (κ1) is 15.2. The van der Waals surface area contributed by atoms with Gasteiger partial charge in [-0.2, -0.15) is 5.26 Å². The standard InChI is InChI=1S/C16H21NO2/c1-16(2,3)10-9-15(18)14(11-17)12-5-7-13(19-4)8-6-12/h5-8,14H,9-10H2,1-4H3. The number of ketones is 1. The van der Waals surface area contributed by atoms with E-state index in [0.717, 1.165) is 17.7 Å². The van der Waals surface area contributed by atoms with Crippen molar-refractivity contribution >= 4 is 5.78 Å². The highest BCUT2D eigenvalue weighted by Crippen LogP contribution is 2.25. The molecule has 3 nitrogen and oxygen atoms in total. The quantitative estimate of drug-likeness (QED) is 0.810. The van der Waals surface area contributed by atoms with Crippen LogP contribution in [0.1, 0.15) is 45.1 Å². The highest BCUT2D eigenvalue weighted by atomic mass is 16.5. The summed E-state index contributed by atoms with van der Waals surface area (Å²) in [4.78, 5) is 12.1. The summed E-state index contributed by atoms with van der Waals surface area (Å²) >= 11 is 0. The molecule has 3 heteroatoms. The first-order valence-electron chi connectivity index (χ1n) is 6.43. The van der Waals surface area contributed by atoms with E-state index in [1.54, 1.807) is 31.4 Å². The average Bonchev–Trinajstić information content (AvgIpc) is 2.37. The highest BCUT2D eigenvalue weighted by molar-refractivity contribution is 5.88. The topological polar surface area (TPSA) is 50.1 Å². The molecule has 0 N–H and O–H groups in total. The summed E-state index contributed by atoms with van der Waals surface area (Å²) in [6, 6.07) is 9.21. The minimum Gasteiger partial charge on any atom is -0.497 e. The summed E-state index contributed by atoms with van der Waals surface area (Å²) in [5, 5.41) is 9.20. The van der Waals surface area contributed by atoms with Gasteiger partial charge in [-0.05, 0) is 29.5 Å². The van der Waals surface area contributed by atoms with E-state index in [9.17, 15) is 10.1 Å². The van der Waals surface area contributed by atoms with Crippen LogP contribution in [0.15, 0.2) is 24.3 Å². The second-order valence-corrected chi connectivity index (χ2v) is 5.86. The van der Waals surface area contributed by atoms with Crippen LogP contribution >= 0.6 is 0 Å². The maximum Gasteiger partial charge on any atom is 0.154 e. The van der Waals surface area contributed by atoms with E-state index >= 15 is 0 Å². The van der Waals surface area contributed by atoms with Gasteiger partial charge in [-0.1, -0.05) is 32.9 Å². The normalized spacial score (nSPS) is 12.6. The van der Waals surface area contributed by atoms with Crippen LogP contribution in [-0.2, 0) is 4.79 Å². The van der Waals surface area contributed by atoms with Crippen LogP contribution in [0.3, 0.4) is 0 Å². The van der Waals surface area contributed by atoms with Gasteiger partial charge in [-0.15, -0.1) is 0 Å². The summed E-state index contributed by atoms with van der Waals surface area (Å²) in [5.74, 6) is 0.0402. The molecule has 102 valence electrons.